The fourth-order valence-corrected chi connectivity index (χ4v) is 2.97. The lowest BCUT2D eigenvalue weighted by Crippen LogP contribution is -2.34. The molecule has 0 spiro atoms. The molecule has 2 heterocycles. The van der Waals surface area contributed by atoms with Crippen LogP contribution in [0.15, 0.2) is 36.5 Å². The van der Waals surface area contributed by atoms with Gasteiger partial charge in [0.25, 0.3) is 5.91 Å². The van der Waals surface area contributed by atoms with Gasteiger partial charge >= 0.3 is 5.97 Å². The molecule has 2 aromatic rings. The number of aliphatic carboxylic acids is 1. The van der Waals surface area contributed by atoms with Crippen LogP contribution in [0.5, 0.6) is 5.88 Å². The minimum Gasteiger partial charge on any atom is -0.479 e. The summed E-state index contributed by atoms with van der Waals surface area (Å²) in [7, 11) is 0. The van der Waals surface area contributed by atoms with Crippen LogP contribution in [0.1, 0.15) is 39.5 Å². The zero-order valence-corrected chi connectivity index (χ0v) is 15.3. The Labute approximate surface area is 157 Å². The van der Waals surface area contributed by atoms with Gasteiger partial charge in [0.15, 0.2) is 6.04 Å². The number of ether oxygens (including phenoxy) is 2. The minimum absolute atomic E-state index is 0.0856. The number of aryl methyl sites for hydroxylation is 1. The van der Waals surface area contributed by atoms with E-state index in [9.17, 15) is 14.7 Å². The van der Waals surface area contributed by atoms with Crippen LogP contribution in [-0.2, 0) is 9.53 Å². The number of hydrogen-bond acceptors (Lipinski definition) is 5. The Bertz CT molecular complexity index is 846. The Kier molecular flexibility index (Phi) is 5.71. The highest BCUT2D eigenvalue weighted by atomic mass is 16.5. The number of amides is 1. The van der Waals surface area contributed by atoms with Crippen LogP contribution < -0.4 is 10.1 Å². The molecule has 7 heteroatoms. The topological polar surface area (TPSA) is 97.8 Å². The number of carboxylic acids is 1. The van der Waals surface area contributed by atoms with Crippen LogP contribution in [0.4, 0.5) is 0 Å². The normalized spacial score (nSPS) is 17.3. The maximum Gasteiger partial charge on any atom is 0.330 e. The molecule has 1 aliphatic rings. The van der Waals surface area contributed by atoms with Gasteiger partial charge < -0.3 is 19.9 Å². The number of carbonyl (C=O) groups is 2. The zero-order chi connectivity index (χ0) is 19.4. The zero-order valence-electron chi connectivity index (χ0n) is 15.3. The van der Waals surface area contributed by atoms with E-state index in [-0.39, 0.29) is 11.7 Å². The Hall–Kier alpha value is -2.93. The van der Waals surface area contributed by atoms with E-state index in [4.69, 9.17) is 9.47 Å². The molecule has 1 aliphatic heterocycles. The number of nitrogens with one attached hydrogen (secondary N) is 1. The number of hydrogen-bond donors (Lipinski definition) is 2. The molecule has 27 heavy (non-hydrogen) atoms. The summed E-state index contributed by atoms with van der Waals surface area (Å²) < 4.78 is 11.0. The summed E-state index contributed by atoms with van der Waals surface area (Å²) >= 11 is 0. The summed E-state index contributed by atoms with van der Waals surface area (Å²) in [6.45, 7) is 4.88. The number of rotatable bonds is 6. The molecule has 142 valence electrons. The first-order chi connectivity index (χ1) is 13.0. The number of carbonyl (C=O) groups excluding carboxylic acids is 1. The fourth-order valence-electron chi connectivity index (χ4n) is 2.97. The van der Waals surface area contributed by atoms with Gasteiger partial charge in [-0.25, -0.2) is 9.78 Å². The van der Waals surface area contributed by atoms with Crippen molar-refractivity contribution in [2.24, 2.45) is 0 Å². The average molecular weight is 370 g/mol. The second-order valence-corrected chi connectivity index (χ2v) is 6.52. The monoisotopic (exact) mass is 370 g/mol. The molecule has 0 saturated carbocycles. The van der Waals surface area contributed by atoms with Gasteiger partial charge in [-0.2, -0.15) is 0 Å². The number of carboxylic acid groups (broad SMARTS) is 1. The third-order valence-electron chi connectivity index (χ3n) is 4.65. The Morgan fingerprint density at radius 1 is 1.33 bits per heavy atom. The molecule has 0 aliphatic carbocycles. The molecule has 1 amide bonds. The third-order valence-corrected chi connectivity index (χ3v) is 4.65. The van der Waals surface area contributed by atoms with Gasteiger partial charge in [0.1, 0.15) is 6.10 Å². The standard InChI is InChI=1S/C20H22N2O5/c1-12-4-3-5-16(13(12)2)18(20(24)25)22-19(23)14-6-8-21-17(10-14)27-15-7-9-26-11-15/h3-6,8,10,15,18H,7,9,11H2,1-2H3,(H,22,23)(H,24,25). The highest BCUT2D eigenvalue weighted by Gasteiger charge is 2.25. The molecule has 1 aromatic carbocycles. The highest BCUT2D eigenvalue weighted by molar-refractivity contribution is 5.97. The van der Waals surface area contributed by atoms with Crippen LogP contribution in [0.25, 0.3) is 0 Å². The number of benzene rings is 1. The molecule has 1 fully saturated rings. The molecular formula is C20H22N2O5. The maximum atomic E-state index is 12.6. The van der Waals surface area contributed by atoms with E-state index >= 15 is 0 Å². The molecule has 2 atom stereocenters. The molecule has 1 aromatic heterocycles. The van der Waals surface area contributed by atoms with Gasteiger partial charge in [-0.3, -0.25) is 4.79 Å². The van der Waals surface area contributed by atoms with E-state index < -0.39 is 17.9 Å². The lowest BCUT2D eigenvalue weighted by atomic mass is 9.97. The van der Waals surface area contributed by atoms with E-state index in [1.165, 1.54) is 18.3 Å². The highest BCUT2D eigenvalue weighted by Crippen LogP contribution is 2.22. The van der Waals surface area contributed by atoms with Gasteiger partial charge in [-0.15, -0.1) is 0 Å². The SMILES string of the molecule is Cc1cccc(C(NC(=O)c2ccnc(OC3CCOC3)c2)C(=O)O)c1C. The Morgan fingerprint density at radius 3 is 2.85 bits per heavy atom. The predicted molar refractivity (Wildman–Crippen MR) is 97.8 cm³/mol. The molecule has 7 nitrogen and oxygen atoms in total. The first-order valence-corrected chi connectivity index (χ1v) is 8.76. The number of pyridine rings is 1. The van der Waals surface area contributed by atoms with Gasteiger partial charge in [0.05, 0.1) is 13.2 Å². The quantitative estimate of drug-likeness (QED) is 0.810. The maximum absolute atomic E-state index is 12.6. The summed E-state index contributed by atoms with van der Waals surface area (Å²) in [6.07, 6.45) is 2.15. The lowest BCUT2D eigenvalue weighted by molar-refractivity contribution is -0.139. The van der Waals surface area contributed by atoms with E-state index in [2.05, 4.69) is 10.3 Å². The van der Waals surface area contributed by atoms with Crippen molar-refractivity contribution in [1.82, 2.24) is 10.3 Å². The first-order valence-electron chi connectivity index (χ1n) is 8.76. The van der Waals surface area contributed by atoms with Crippen molar-refractivity contribution in [3.05, 3.63) is 58.8 Å². The van der Waals surface area contributed by atoms with Crippen LogP contribution in [0.2, 0.25) is 0 Å². The van der Waals surface area contributed by atoms with Crippen molar-refractivity contribution in [3.63, 3.8) is 0 Å². The summed E-state index contributed by atoms with van der Waals surface area (Å²) in [6, 6.07) is 7.28. The largest absolute Gasteiger partial charge is 0.479 e. The van der Waals surface area contributed by atoms with Crippen molar-refractivity contribution < 1.29 is 24.2 Å². The van der Waals surface area contributed by atoms with Crippen LogP contribution in [-0.4, -0.2) is 41.3 Å². The fraction of sp³-hybridized carbons (Fsp3) is 0.350. The second kappa shape index (κ2) is 8.18. The van der Waals surface area contributed by atoms with Crippen LogP contribution in [0.3, 0.4) is 0 Å². The summed E-state index contributed by atoms with van der Waals surface area (Å²) in [5.74, 6) is -1.30. The number of aromatic nitrogens is 1. The minimum atomic E-state index is -1.14. The van der Waals surface area contributed by atoms with Crippen LogP contribution >= 0.6 is 0 Å². The van der Waals surface area contributed by atoms with E-state index in [1.807, 2.05) is 19.9 Å². The Morgan fingerprint density at radius 2 is 2.15 bits per heavy atom. The molecule has 2 unspecified atom stereocenters. The van der Waals surface area contributed by atoms with E-state index in [1.54, 1.807) is 12.1 Å². The lowest BCUT2D eigenvalue weighted by Gasteiger charge is -2.18. The van der Waals surface area contributed by atoms with Gasteiger partial charge in [0.2, 0.25) is 5.88 Å². The third kappa shape index (κ3) is 4.43. The molecule has 2 N–H and O–H groups in total. The summed E-state index contributed by atoms with van der Waals surface area (Å²) in [5, 5.41) is 12.2. The van der Waals surface area contributed by atoms with E-state index in [0.29, 0.717) is 24.7 Å². The van der Waals surface area contributed by atoms with Crippen LogP contribution in [0, 0.1) is 13.8 Å². The smallest absolute Gasteiger partial charge is 0.330 e. The molecule has 3 rings (SSSR count). The first kappa shape index (κ1) is 18.8. The average Bonchev–Trinajstić information content (AvgIpc) is 3.15. The van der Waals surface area contributed by atoms with Crippen molar-refractivity contribution in [1.29, 1.82) is 0 Å². The van der Waals surface area contributed by atoms with Gasteiger partial charge in [-0.1, -0.05) is 18.2 Å². The van der Waals surface area contributed by atoms with Crippen molar-refractivity contribution >= 4 is 11.9 Å². The predicted octanol–water partition coefficient (Wildman–Crippen LogP) is 2.42. The molecule has 1 saturated heterocycles. The van der Waals surface area contributed by atoms with Gasteiger partial charge in [0, 0.05) is 24.2 Å². The second-order valence-electron chi connectivity index (χ2n) is 6.52. The molecule has 0 radical (unpaired) electrons. The van der Waals surface area contributed by atoms with Crippen molar-refractivity contribution in [2.45, 2.75) is 32.4 Å². The molecule has 0 bridgehead atoms. The van der Waals surface area contributed by atoms with Crippen molar-refractivity contribution in [3.8, 4) is 5.88 Å². The van der Waals surface area contributed by atoms with Gasteiger partial charge in [-0.05, 0) is 36.6 Å². The summed E-state index contributed by atoms with van der Waals surface area (Å²) in [5.41, 5.74) is 2.65. The molecular weight excluding hydrogens is 348 g/mol. The van der Waals surface area contributed by atoms with Crippen molar-refractivity contribution in [2.75, 3.05) is 13.2 Å². The summed E-state index contributed by atoms with van der Waals surface area (Å²) in [4.78, 5) is 28.5. The Balaban J connectivity index is 1.78. The van der Waals surface area contributed by atoms with E-state index in [0.717, 1.165) is 17.5 Å². The number of nitrogens with zero attached hydrogens (tertiary/aromatic N) is 1.